The van der Waals surface area contributed by atoms with Crippen molar-refractivity contribution in [2.24, 2.45) is 51.8 Å². The standard InChI is InChI=1S/C45H74N7O19P3S/c1-24(27-7-8-28-34-29(11-14-45(27,28)5)44(4)13-10-26(53)18-25(44)19-30(34)54)6-9-33(56)75-17-16-47-32(55)12-15-48-41(59)38(58)43(2,3)21-68-74(65,66)71-73(63,64)67-20-31-37(70-72(60,61)62)36(57)42(69-31)52-23-51-35-39(46)49-22-50-40(35)52/h22-31,34,36-38,42,53-54,57-58H,6-21H2,1-5H3,(H,47,55)(H,48,59)(H,63,64)(H,65,66)(H2,46,49,50)(H2,60,61,62)/t24-,25+,26-,27-,28+,29+,30-,31-,34+,36-,37-,38+,42-,44+,45-/m1/s1. The van der Waals surface area contributed by atoms with Gasteiger partial charge in [-0.2, -0.15) is 4.31 Å². The zero-order chi connectivity index (χ0) is 55.1. The number of hydrogen-bond donors (Lipinski definition) is 11. The Hall–Kier alpha value is -2.52. The second kappa shape index (κ2) is 23.7. The molecule has 1 aliphatic heterocycles. The van der Waals surface area contributed by atoms with Crippen LogP contribution in [0.3, 0.4) is 0 Å². The van der Waals surface area contributed by atoms with E-state index in [1.165, 1.54) is 13.8 Å². The molecule has 5 aliphatic rings. The molecule has 1 saturated heterocycles. The lowest BCUT2D eigenvalue weighted by Crippen LogP contribution is -2.58. The van der Waals surface area contributed by atoms with Crippen molar-refractivity contribution < 1.29 is 90.7 Å². The van der Waals surface area contributed by atoms with Crippen molar-refractivity contribution >= 4 is 69.1 Å². The van der Waals surface area contributed by atoms with E-state index in [4.69, 9.17) is 19.5 Å². The van der Waals surface area contributed by atoms with Crippen LogP contribution in [0.2, 0.25) is 0 Å². The third kappa shape index (κ3) is 13.9. The number of aromatic nitrogens is 4. The fourth-order valence-corrected chi connectivity index (χ4v) is 16.6. The summed E-state index contributed by atoms with van der Waals surface area (Å²) in [5.41, 5.74) is 4.55. The van der Waals surface area contributed by atoms with Crippen LogP contribution in [-0.4, -0.2) is 145 Å². The monoisotopic (exact) mass is 1140 g/mol. The number of carbonyl (C=O) groups is 3. The summed E-state index contributed by atoms with van der Waals surface area (Å²) in [4.78, 5) is 89.7. The van der Waals surface area contributed by atoms with Gasteiger partial charge in [0.1, 0.15) is 36.3 Å². The Balaban J connectivity index is 0.778. The van der Waals surface area contributed by atoms with Crippen molar-refractivity contribution in [3.05, 3.63) is 12.7 Å². The van der Waals surface area contributed by atoms with Crippen LogP contribution >= 0.6 is 35.2 Å². The highest BCUT2D eigenvalue weighted by Crippen LogP contribution is 2.68. The predicted molar refractivity (Wildman–Crippen MR) is 268 cm³/mol. The Kier molecular flexibility index (Phi) is 19.0. The molecule has 0 bridgehead atoms. The molecule has 17 atom stereocenters. The molecule has 0 radical (unpaired) electrons. The summed E-state index contributed by atoms with van der Waals surface area (Å²) in [5.74, 6) is 1.28. The summed E-state index contributed by atoms with van der Waals surface area (Å²) in [6.45, 7) is 7.58. The van der Waals surface area contributed by atoms with Crippen molar-refractivity contribution in [2.75, 3.05) is 37.8 Å². The fourth-order valence-electron chi connectivity index (χ4n) is 13.1. The number of amides is 2. The van der Waals surface area contributed by atoms with Gasteiger partial charge >= 0.3 is 23.5 Å². The summed E-state index contributed by atoms with van der Waals surface area (Å²) >= 11 is 1.15. The molecule has 3 heterocycles. The molecule has 2 aromatic rings. The summed E-state index contributed by atoms with van der Waals surface area (Å²) < 4.78 is 62.7. The number of nitrogens with zero attached hydrogens (tertiary/aromatic N) is 4. The number of fused-ring (bicyclic) bond motifs is 6. The van der Waals surface area contributed by atoms with Crippen LogP contribution < -0.4 is 16.4 Å². The van der Waals surface area contributed by atoms with Crippen LogP contribution in [0.5, 0.6) is 0 Å². The molecule has 0 aromatic carbocycles. The van der Waals surface area contributed by atoms with E-state index in [1.807, 2.05) is 0 Å². The smallest absolute Gasteiger partial charge is 0.393 e. The second-order valence-corrected chi connectivity index (χ2v) is 27.6. The van der Waals surface area contributed by atoms with Crippen molar-refractivity contribution in [3.8, 4) is 0 Å². The number of ether oxygens (including phenoxy) is 1. The number of phosphoric ester groups is 3. The number of anilines is 1. The van der Waals surface area contributed by atoms with Gasteiger partial charge in [0.2, 0.25) is 11.8 Å². The largest absolute Gasteiger partial charge is 0.481 e. The molecule has 4 aliphatic carbocycles. The maximum absolute atomic E-state index is 13.0. The molecular weight excluding hydrogens is 1070 g/mol. The van der Waals surface area contributed by atoms with Crippen LogP contribution in [0.25, 0.3) is 11.2 Å². The first-order chi connectivity index (χ1) is 34.9. The number of rotatable bonds is 23. The van der Waals surface area contributed by atoms with Gasteiger partial charge in [-0.05, 0) is 104 Å². The molecule has 26 nitrogen and oxygen atoms in total. The van der Waals surface area contributed by atoms with Crippen molar-refractivity contribution in [1.29, 1.82) is 0 Å². The van der Waals surface area contributed by atoms with Crippen molar-refractivity contribution in [1.82, 2.24) is 30.2 Å². The Bertz CT molecular complexity index is 2530. The minimum absolute atomic E-state index is 0.0288. The van der Waals surface area contributed by atoms with Crippen LogP contribution in [-0.2, 0) is 50.7 Å². The maximum atomic E-state index is 13.0. The Labute approximate surface area is 438 Å². The number of nitrogen functional groups attached to an aromatic ring is 1. The fraction of sp³-hybridized carbons (Fsp3) is 0.822. The molecule has 0 spiro atoms. The third-order valence-electron chi connectivity index (χ3n) is 17.0. The molecule has 75 heavy (non-hydrogen) atoms. The molecule has 7 rings (SSSR count). The first-order valence-corrected chi connectivity index (χ1v) is 30.9. The predicted octanol–water partition coefficient (Wildman–Crippen LogP) is 3.07. The van der Waals surface area contributed by atoms with E-state index in [1.54, 1.807) is 0 Å². The number of nitrogens with one attached hydrogen (secondary N) is 2. The van der Waals surface area contributed by atoms with E-state index in [0.29, 0.717) is 41.8 Å². The number of thioether (sulfide) groups is 1. The molecule has 2 aromatic heterocycles. The molecule has 2 unspecified atom stereocenters. The first-order valence-electron chi connectivity index (χ1n) is 25.4. The van der Waals surface area contributed by atoms with Crippen molar-refractivity contribution in [3.63, 3.8) is 0 Å². The van der Waals surface area contributed by atoms with E-state index < -0.39 is 84.6 Å². The van der Waals surface area contributed by atoms with E-state index in [0.717, 1.165) is 86.8 Å². The first kappa shape index (κ1) is 60.1. The average Bonchev–Trinajstić information content (AvgIpc) is 4.01. The van der Waals surface area contributed by atoms with Gasteiger partial charge in [0.05, 0.1) is 31.7 Å². The second-order valence-electron chi connectivity index (χ2n) is 22.3. The lowest BCUT2D eigenvalue weighted by atomic mass is 9.43. The van der Waals surface area contributed by atoms with E-state index >= 15 is 0 Å². The lowest BCUT2D eigenvalue weighted by Gasteiger charge is -2.62. The van der Waals surface area contributed by atoms with Crippen LogP contribution in [0.15, 0.2) is 12.7 Å². The minimum atomic E-state index is -5.60. The topological polar surface area (TPSA) is 404 Å². The van der Waals surface area contributed by atoms with Crippen LogP contribution in [0, 0.1) is 51.8 Å². The number of imidazole rings is 1. The van der Waals surface area contributed by atoms with Gasteiger partial charge < -0.3 is 61.1 Å². The molecule has 4 saturated carbocycles. The highest BCUT2D eigenvalue weighted by Gasteiger charge is 2.63. The minimum Gasteiger partial charge on any atom is -0.393 e. The quantitative estimate of drug-likeness (QED) is 0.0562. The van der Waals surface area contributed by atoms with Gasteiger partial charge in [-0.3, -0.25) is 32.5 Å². The highest BCUT2D eigenvalue weighted by molar-refractivity contribution is 8.13. The Morgan fingerprint density at radius 3 is 2.35 bits per heavy atom. The number of hydrogen-bond acceptors (Lipinski definition) is 20. The molecule has 2 amide bonds. The number of nitrogens with two attached hydrogens (primary N) is 1. The Morgan fingerprint density at radius 1 is 0.933 bits per heavy atom. The molecule has 5 fully saturated rings. The molecular formula is C45H74N7O19P3S. The zero-order valence-electron chi connectivity index (χ0n) is 42.7. The summed E-state index contributed by atoms with van der Waals surface area (Å²) in [7, 11) is -16.5. The van der Waals surface area contributed by atoms with Crippen LogP contribution in [0.4, 0.5) is 5.82 Å². The average molecular weight is 1140 g/mol. The van der Waals surface area contributed by atoms with E-state index in [-0.39, 0.29) is 70.6 Å². The van der Waals surface area contributed by atoms with Crippen LogP contribution in [0.1, 0.15) is 111 Å². The number of phosphoric acid groups is 3. The SMILES string of the molecule is C[C@H](CCC(=O)SCCNC(=O)CCNC(=O)[C@H](O)C(C)(C)COP(=O)(O)OP(=O)(O)OC[C@H]1O[C@@H](n2cnc3c(N)ncnc32)[C@H](O)[C@@H]1OP(=O)(O)O)[C@H]1CC[C@H]2[C@@H]3[C@H](O)C[C@@H]4C[C@H](O)CC[C@]4(C)[C@H]3CC[C@]12C. The maximum Gasteiger partial charge on any atom is 0.481 e. The van der Waals surface area contributed by atoms with E-state index in [2.05, 4.69) is 55.2 Å². The third-order valence-corrected chi connectivity index (χ3v) is 21.0. The van der Waals surface area contributed by atoms with Gasteiger partial charge in [0.25, 0.3) is 0 Å². The van der Waals surface area contributed by atoms with Gasteiger partial charge in [-0.25, -0.2) is 28.6 Å². The zero-order valence-corrected chi connectivity index (χ0v) is 46.2. The number of aliphatic hydroxyl groups excluding tert-OH is 4. The van der Waals surface area contributed by atoms with Crippen molar-refractivity contribution in [2.45, 2.75) is 148 Å². The Morgan fingerprint density at radius 2 is 1.63 bits per heavy atom. The molecule has 30 heteroatoms. The number of aliphatic hydroxyl groups is 4. The summed E-state index contributed by atoms with van der Waals surface area (Å²) in [6.07, 6.45) is 1.45. The van der Waals surface area contributed by atoms with Gasteiger partial charge in [-0.1, -0.05) is 46.4 Å². The van der Waals surface area contributed by atoms with Gasteiger partial charge in [-0.15, -0.1) is 0 Å². The number of carbonyl (C=O) groups excluding carboxylic acids is 3. The summed E-state index contributed by atoms with van der Waals surface area (Å²) in [6, 6.07) is 0. The lowest BCUT2D eigenvalue weighted by molar-refractivity contribution is -0.174. The van der Waals surface area contributed by atoms with E-state index in [9.17, 15) is 68.1 Å². The molecule has 12 N–H and O–H groups in total. The normalized spacial score (nSPS) is 34.3. The summed E-state index contributed by atoms with van der Waals surface area (Å²) in [5, 5.41) is 48.8. The highest BCUT2D eigenvalue weighted by atomic mass is 32.2. The van der Waals surface area contributed by atoms with Gasteiger partial charge in [0, 0.05) is 37.1 Å². The van der Waals surface area contributed by atoms with Gasteiger partial charge in [0.15, 0.2) is 22.8 Å². The molecule has 424 valence electrons.